The number of rotatable bonds is 4. The third-order valence-corrected chi connectivity index (χ3v) is 3.13. The predicted octanol–water partition coefficient (Wildman–Crippen LogP) is 2.97. The zero-order chi connectivity index (χ0) is 14.9. The third-order valence-electron chi connectivity index (χ3n) is 3.13. The summed E-state index contributed by atoms with van der Waals surface area (Å²) < 4.78 is 5.61. The van der Waals surface area contributed by atoms with Crippen LogP contribution in [-0.4, -0.2) is 34.6 Å². The highest BCUT2D eigenvalue weighted by Gasteiger charge is 2.24. The van der Waals surface area contributed by atoms with E-state index in [-0.39, 0.29) is 12.5 Å². The highest BCUT2D eigenvalue weighted by molar-refractivity contribution is 5.96. The number of amides is 1. The Balaban J connectivity index is 2.29. The third kappa shape index (κ3) is 3.20. The van der Waals surface area contributed by atoms with Gasteiger partial charge >= 0.3 is 0 Å². The van der Waals surface area contributed by atoms with E-state index >= 15 is 0 Å². The van der Waals surface area contributed by atoms with E-state index in [0.717, 1.165) is 10.9 Å². The van der Waals surface area contributed by atoms with Crippen molar-refractivity contribution in [3.8, 4) is 0 Å². The van der Waals surface area contributed by atoms with Gasteiger partial charge in [-0.1, -0.05) is 11.6 Å². The molecule has 2 rings (SSSR count). The van der Waals surface area contributed by atoms with Gasteiger partial charge in [-0.2, -0.15) is 0 Å². The maximum Gasteiger partial charge on any atom is 0.289 e. The van der Waals surface area contributed by atoms with Crippen LogP contribution in [0.4, 0.5) is 0 Å². The average molecular weight is 275 g/mol. The van der Waals surface area contributed by atoms with Gasteiger partial charge in [-0.3, -0.25) is 4.79 Å². The maximum absolute atomic E-state index is 12.4. The summed E-state index contributed by atoms with van der Waals surface area (Å²) >= 11 is 0. The number of likely N-dealkylation sites (N-methyl/N-ethyl adjacent to an activating group) is 1. The number of hydrogen-bond donors (Lipinski definition) is 1. The van der Waals surface area contributed by atoms with Gasteiger partial charge in [0.1, 0.15) is 5.58 Å². The molecule has 1 aromatic heterocycles. The zero-order valence-corrected chi connectivity index (χ0v) is 12.4. The van der Waals surface area contributed by atoms with Crippen LogP contribution in [0.3, 0.4) is 0 Å². The second kappa shape index (κ2) is 5.29. The highest BCUT2D eigenvalue weighted by Crippen LogP contribution is 2.22. The molecule has 0 bridgehead atoms. The molecule has 4 heteroatoms. The molecule has 4 nitrogen and oxygen atoms in total. The van der Waals surface area contributed by atoms with Gasteiger partial charge < -0.3 is 14.4 Å². The second-order valence-electron chi connectivity index (χ2n) is 5.78. The number of carbonyl (C=O) groups excluding carboxylic acids is 1. The van der Waals surface area contributed by atoms with Crippen molar-refractivity contribution < 1.29 is 14.3 Å². The minimum Gasteiger partial charge on any atom is -0.451 e. The lowest BCUT2D eigenvalue weighted by molar-refractivity contribution is 0.0299. The van der Waals surface area contributed by atoms with Crippen molar-refractivity contribution in [1.82, 2.24) is 4.90 Å². The summed E-state index contributed by atoms with van der Waals surface area (Å²) in [5.74, 6) is 0.125. The normalized spacial score (nSPS) is 11.8. The Kier molecular flexibility index (Phi) is 3.86. The molecule has 1 heterocycles. The van der Waals surface area contributed by atoms with E-state index < -0.39 is 5.60 Å². The maximum atomic E-state index is 12.4. The van der Waals surface area contributed by atoms with Gasteiger partial charge in [0, 0.05) is 18.5 Å². The van der Waals surface area contributed by atoms with Crippen LogP contribution in [0.15, 0.2) is 28.7 Å². The molecule has 0 aliphatic heterocycles. The molecule has 0 fully saturated rings. The molecule has 0 spiro atoms. The largest absolute Gasteiger partial charge is 0.451 e. The minimum absolute atomic E-state index is 0.191. The van der Waals surface area contributed by atoms with Crippen LogP contribution in [-0.2, 0) is 0 Å². The van der Waals surface area contributed by atoms with Gasteiger partial charge in [0.2, 0.25) is 0 Å². The number of carbonyl (C=O) groups is 1. The van der Waals surface area contributed by atoms with Gasteiger partial charge in [0.15, 0.2) is 5.76 Å². The van der Waals surface area contributed by atoms with Crippen LogP contribution in [0.2, 0.25) is 0 Å². The first-order chi connectivity index (χ1) is 9.30. The first kappa shape index (κ1) is 14.6. The molecule has 0 aliphatic rings. The lowest BCUT2D eigenvalue weighted by Gasteiger charge is -2.27. The van der Waals surface area contributed by atoms with Crippen LogP contribution in [0.25, 0.3) is 11.0 Å². The molecule has 0 saturated carbocycles. The molecular weight excluding hydrogens is 254 g/mol. The number of aryl methyl sites for hydroxylation is 1. The number of fused-ring (bicyclic) bond motifs is 1. The van der Waals surface area contributed by atoms with Crippen molar-refractivity contribution in [2.24, 2.45) is 0 Å². The van der Waals surface area contributed by atoms with Crippen molar-refractivity contribution in [2.45, 2.75) is 33.3 Å². The van der Waals surface area contributed by atoms with Crippen LogP contribution >= 0.6 is 0 Å². The van der Waals surface area contributed by atoms with Crippen molar-refractivity contribution >= 4 is 16.9 Å². The van der Waals surface area contributed by atoms with Gasteiger partial charge in [0.05, 0.1) is 5.60 Å². The number of nitrogens with zero attached hydrogens (tertiary/aromatic N) is 1. The summed E-state index contributed by atoms with van der Waals surface area (Å²) in [7, 11) is 0. The lowest BCUT2D eigenvalue weighted by atomic mass is 10.1. The number of aliphatic hydroxyl groups is 1. The molecular formula is C16H21NO3. The Labute approximate surface area is 119 Å². The Morgan fingerprint density at radius 2 is 2.05 bits per heavy atom. The smallest absolute Gasteiger partial charge is 0.289 e. The molecule has 1 aromatic carbocycles. The first-order valence-electron chi connectivity index (χ1n) is 6.82. The number of furan rings is 1. The van der Waals surface area contributed by atoms with Gasteiger partial charge in [0.25, 0.3) is 5.91 Å². The molecule has 1 N–H and O–H groups in total. The van der Waals surface area contributed by atoms with E-state index in [1.807, 2.05) is 32.0 Å². The predicted molar refractivity (Wildman–Crippen MR) is 78.8 cm³/mol. The van der Waals surface area contributed by atoms with E-state index in [9.17, 15) is 9.90 Å². The van der Waals surface area contributed by atoms with Crippen molar-refractivity contribution in [3.05, 3.63) is 35.6 Å². The molecule has 20 heavy (non-hydrogen) atoms. The molecule has 0 atom stereocenters. The Hall–Kier alpha value is -1.81. The van der Waals surface area contributed by atoms with Gasteiger partial charge in [-0.15, -0.1) is 0 Å². The van der Waals surface area contributed by atoms with E-state index in [4.69, 9.17) is 4.42 Å². The van der Waals surface area contributed by atoms with E-state index in [2.05, 4.69) is 0 Å². The van der Waals surface area contributed by atoms with Crippen molar-refractivity contribution in [3.63, 3.8) is 0 Å². The fourth-order valence-corrected chi connectivity index (χ4v) is 2.22. The number of benzene rings is 1. The average Bonchev–Trinajstić information content (AvgIpc) is 2.76. The van der Waals surface area contributed by atoms with Crippen molar-refractivity contribution in [1.29, 1.82) is 0 Å². The summed E-state index contributed by atoms with van der Waals surface area (Å²) in [4.78, 5) is 14.0. The SMILES string of the molecule is CCN(CC(C)(C)O)C(=O)c1cc2cc(C)ccc2o1. The summed E-state index contributed by atoms with van der Waals surface area (Å²) in [5.41, 5.74) is 0.910. The van der Waals surface area contributed by atoms with Crippen LogP contribution in [0.5, 0.6) is 0 Å². The van der Waals surface area contributed by atoms with Crippen LogP contribution in [0.1, 0.15) is 36.9 Å². The topological polar surface area (TPSA) is 53.7 Å². The van der Waals surface area contributed by atoms with Crippen molar-refractivity contribution in [2.75, 3.05) is 13.1 Å². The van der Waals surface area contributed by atoms with Gasteiger partial charge in [-0.25, -0.2) is 0 Å². The first-order valence-corrected chi connectivity index (χ1v) is 6.82. The zero-order valence-electron chi connectivity index (χ0n) is 12.4. The standard InChI is InChI=1S/C16H21NO3/c1-5-17(10-16(3,4)19)15(18)14-9-12-8-11(2)6-7-13(12)20-14/h6-9,19H,5,10H2,1-4H3. The summed E-state index contributed by atoms with van der Waals surface area (Å²) in [5, 5.41) is 10.8. The summed E-state index contributed by atoms with van der Waals surface area (Å²) in [6.45, 7) is 8.06. The summed E-state index contributed by atoms with van der Waals surface area (Å²) in [6, 6.07) is 7.57. The highest BCUT2D eigenvalue weighted by atomic mass is 16.3. The fourth-order valence-electron chi connectivity index (χ4n) is 2.22. The fraction of sp³-hybridized carbons (Fsp3) is 0.438. The molecule has 0 saturated heterocycles. The molecule has 108 valence electrons. The number of hydrogen-bond acceptors (Lipinski definition) is 3. The molecule has 0 unspecified atom stereocenters. The van der Waals surface area contributed by atoms with E-state index in [0.29, 0.717) is 17.9 Å². The van der Waals surface area contributed by atoms with Crippen LogP contribution < -0.4 is 0 Å². The quantitative estimate of drug-likeness (QED) is 0.933. The Bertz CT molecular complexity index is 622. The molecule has 0 radical (unpaired) electrons. The second-order valence-corrected chi connectivity index (χ2v) is 5.78. The minimum atomic E-state index is -0.922. The Morgan fingerprint density at radius 1 is 1.35 bits per heavy atom. The van der Waals surface area contributed by atoms with E-state index in [1.54, 1.807) is 24.8 Å². The molecule has 2 aromatic rings. The molecule has 1 amide bonds. The van der Waals surface area contributed by atoms with E-state index in [1.165, 1.54) is 0 Å². The van der Waals surface area contributed by atoms with Crippen LogP contribution in [0, 0.1) is 6.92 Å². The monoisotopic (exact) mass is 275 g/mol. The molecule has 0 aliphatic carbocycles. The lowest BCUT2D eigenvalue weighted by Crippen LogP contribution is -2.42. The summed E-state index contributed by atoms with van der Waals surface area (Å²) in [6.07, 6.45) is 0. The van der Waals surface area contributed by atoms with Gasteiger partial charge in [-0.05, 0) is 45.9 Å². The Morgan fingerprint density at radius 3 is 2.65 bits per heavy atom.